The van der Waals surface area contributed by atoms with E-state index in [1.165, 1.54) is 24.3 Å². The van der Waals surface area contributed by atoms with E-state index >= 15 is 0 Å². The topological polar surface area (TPSA) is 75.1 Å². The van der Waals surface area contributed by atoms with E-state index in [0.29, 0.717) is 40.4 Å². The van der Waals surface area contributed by atoms with Crippen LogP contribution < -0.4 is 5.32 Å². The Labute approximate surface area is 209 Å². The maximum atomic E-state index is 13.9. The van der Waals surface area contributed by atoms with Gasteiger partial charge in [-0.05, 0) is 72.0 Å². The summed E-state index contributed by atoms with van der Waals surface area (Å²) in [5.74, 6) is -1.28. The molecule has 0 radical (unpaired) electrons. The molecule has 5 rings (SSSR count). The molecule has 5 nitrogen and oxygen atoms in total. The zero-order valence-electron chi connectivity index (χ0n) is 18.7. The van der Waals surface area contributed by atoms with E-state index in [1.54, 1.807) is 42.6 Å². The summed E-state index contributed by atoms with van der Waals surface area (Å²) >= 11 is 6.30. The Hall–Kier alpha value is -3.91. The van der Waals surface area contributed by atoms with E-state index in [1.807, 2.05) is 0 Å². The lowest BCUT2D eigenvalue weighted by Gasteiger charge is -2.22. The van der Waals surface area contributed by atoms with Gasteiger partial charge < -0.3 is 10.4 Å². The lowest BCUT2D eigenvalue weighted by atomic mass is 9.83. The van der Waals surface area contributed by atoms with E-state index in [4.69, 9.17) is 21.7 Å². The van der Waals surface area contributed by atoms with Gasteiger partial charge >= 0.3 is 12.1 Å². The largest absolute Gasteiger partial charge is 0.478 e. The number of nitrogens with zero attached hydrogens (tertiary/aromatic N) is 2. The molecular weight excluding hydrogens is 491 g/mol. The SMILES string of the molecule is O=C(O)c1ccc(Nc2ncc3c(n2)-c2ccc(Cl)cc2C(c2ccccc2C(F)(F)F)CC3)cc1. The Morgan fingerprint density at radius 1 is 1.03 bits per heavy atom. The fourth-order valence-corrected chi connectivity index (χ4v) is 4.76. The van der Waals surface area contributed by atoms with Crippen LogP contribution in [0.5, 0.6) is 0 Å². The lowest BCUT2D eigenvalue weighted by molar-refractivity contribution is -0.138. The van der Waals surface area contributed by atoms with Gasteiger partial charge in [-0.1, -0.05) is 35.9 Å². The molecule has 1 aliphatic rings. The normalized spacial score (nSPS) is 14.9. The summed E-state index contributed by atoms with van der Waals surface area (Å²) in [6, 6.07) is 17.0. The zero-order valence-corrected chi connectivity index (χ0v) is 19.4. The van der Waals surface area contributed by atoms with Crippen molar-refractivity contribution >= 4 is 29.2 Å². The van der Waals surface area contributed by atoms with Crippen molar-refractivity contribution in [2.24, 2.45) is 0 Å². The van der Waals surface area contributed by atoms with E-state index < -0.39 is 23.6 Å². The third kappa shape index (κ3) is 4.64. The number of hydrogen-bond donors (Lipinski definition) is 2. The first-order valence-electron chi connectivity index (χ1n) is 11.1. The van der Waals surface area contributed by atoms with Crippen molar-refractivity contribution in [2.45, 2.75) is 24.9 Å². The standard InChI is InChI=1S/C27H19ClF3N3O2/c28-17-8-12-21-22(13-17)19(20-3-1-2-4-23(20)27(29,30)31)11-7-16-14-32-26(34-24(16)21)33-18-9-5-15(6-10-18)25(35)36/h1-6,8-10,12-14,19H,7,11H2,(H,35,36)(H,32,33,34). The minimum atomic E-state index is -4.48. The highest BCUT2D eigenvalue weighted by atomic mass is 35.5. The summed E-state index contributed by atoms with van der Waals surface area (Å²) in [6.07, 6.45) is -1.90. The minimum absolute atomic E-state index is 0.152. The highest BCUT2D eigenvalue weighted by molar-refractivity contribution is 6.30. The van der Waals surface area contributed by atoms with Gasteiger partial charge in [0.2, 0.25) is 5.95 Å². The van der Waals surface area contributed by atoms with E-state index in [-0.39, 0.29) is 17.1 Å². The average molecular weight is 510 g/mol. The number of carbonyl (C=O) groups is 1. The number of fused-ring (bicyclic) bond motifs is 3. The first kappa shape index (κ1) is 23.8. The molecule has 0 amide bonds. The van der Waals surface area contributed by atoms with E-state index in [9.17, 15) is 18.0 Å². The number of anilines is 2. The number of carboxylic acid groups (broad SMARTS) is 1. The number of benzene rings is 3. The smallest absolute Gasteiger partial charge is 0.416 e. The van der Waals surface area contributed by atoms with Gasteiger partial charge in [0.15, 0.2) is 0 Å². The highest BCUT2D eigenvalue weighted by Crippen LogP contribution is 2.45. The van der Waals surface area contributed by atoms with Gasteiger partial charge in [-0.3, -0.25) is 0 Å². The molecule has 4 aromatic rings. The maximum Gasteiger partial charge on any atom is 0.416 e. The summed E-state index contributed by atoms with van der Waals surface area (Å²) in [6.45, 7) is 0. The molecule has 0 fully saturated rings. The summed E-state index contributed by atoms with van der Waals surface area (Å²) in [4.78, 5) is 20.2. The van der Waals surface area contributed by atoms with Crippen LogP contribution in [-0.4, -0.2) is 21.0 Å². The van der Waals surface area contributed by atoms with Crippen molar-refractivity contribution in [2.75, 3.05) is 5.32 Å². The fraction of sp³-hybridized carbons (Fsp3) is 0.148. The molecule has 2 N–H and O–H groups in total. The van der Waals surface area contributed by atoms with Crippen molar-refractivity contribution in [3.05, 3.63) is 106 Å². The van der Waals surface area contributed by atoms with Crippen molar-refractivity contribution in [3.63, 3.8) is 0 Å². The number of aromatic nitrogens is 2. The molecule has 1 atom stereocenters. The summed E-state index contributed by atoms with van der Waals surface area (Å²) in [5, 5.41) is 12.6. The maximum absolute atomic E-state index is 13.9. The third-order valence-corrected chi connectivity index (χ3v) is 6.48. The van der Waals surface area contributed by atoms with Crippen LogP contribution in [0.4, 0.5) is 24.8 Å². The van der Waals surface area contributed by atoms with Crippen LogP contribution in [-0.2, 0) is 12.6 Å². The van der Waals surface area contributed by atoms with Gasteiger partial charge in [-0.15, -0.1) is 0 Å². The number of aryl methyl sites for hydroxylation is 1. The van der Waals surface area contributed by atoms with Crippen molar-refractivity contribution in [3.8, 4) is 11.3 Å². The van der Waals surface area contributed by atoms with E-state index in [2.05, 4.69) is 10.3 Å². The van der Waals surface area contributed by atoms with Crippen molar-refractivity contribution in [1.82, 2.24) is 9.97 Å². The van der Waals surface area contributed by atoms with Gasteiger partial charge in [0, 0.05) is 28.4 Å². The molecule has 182 valence electrons. The molecular formula is C27H19ClF3N3O2. The fourth-order valence-electron chi connectivity index (χ4n) is 4.58. The number of alkyl halides is 3. The van der Waals surface area contributed by atoms with Crippen molar-refractivity contribution < 1.29 is 23.1 Å². The molecule has 0 saturated heterocycles. The summed E-state index contributed by atoms with van der Waals surface area (Å²) in [5.41, 5.74) is 3.09. The van der Waals surface area contributed by atoms with E-state index in [0.717, 1.165) is 11.6 Å². The van der Waals surface area contributed by atoms with Crippen LogP contribution in [0.3, 0.4) is 0 Å². The Bertz CT molecular complexity index is 1460. The third-order valence-electron chi connectivity index (χ3n) is 6.24. The minimum Gasteiger partial charge on any atom is -0.478 e. The molecule has 0 bridgehead atoms. The molecule has 36 heavy (non-hydrogen) atoms. The summed E-state index contributed by atoms with van der Waals surface area (Å²) in [7, 11) is 0. The van der Waals surface area contributed by atoms with Crippen molar-refractivity contribution in [1.29, 1.82) is 0 Å². The van der Waals surface area contributed by atoms with Crippen LogP contribution in [0.15, 0.2) is 72.9 Å². The first-order valence-corrected chi connectivity index (χ1v) is 11.5. The molecule has 1 unspecified atom stereocenters. The second-order valence-electron chi connectivity index (χ2n) is 8.48. The monoisotopic (exact) mass is 509 g/mol. The molecule has 0 aliphatic heterocycles. The Morgan fingerprint density at radius 2 is 1.78 bits per heavy atom. The van der Waals surface area contributed by atoms with Gasteiger partial charge in [0.25, 0.3) is 0 Å². The summed E-state index contributed by atoms with van der Waals surface area (Å²) < 4.78 is 41.6. The Balaban J connectivity index is 1.57. The van der Waals surface area contributed by atoms with Crippen LogP contribution >= 0.6 is 11.6 Å². The van der Waals surface area contributed by atoms with Crippen LogP contribution in [0.2, 0.25) is 5.02 Å². The molecule has 1 aliphatic carbocycles. The van der Waals surface area contributed by atoms with Gasteiger partial charge in [-0.25, -0.2) is 14.8 Å². The predicted molar refractivity (Wildman–Crippen MR) is 131 cm³/mol. The number of carboxylic acids is 1. The molecule has 0 spiro atoms. The molecule has 0 saturated carbocycles. The molecule has 9 heteroatoms. The molecule has 3 aromatic carbocycles. The molecule has 1 heterocycles. The zero-order chi connectivity index (χ0) is 25.4. The quantitative estimate of drug-likeness (QED) is 0.301. The molecule has 1 aromatic heterocycles. The second kappa shape index (κ2) is 9.28. The van der Waals surface area contributed by atoms with Crippen LogP contribution in [0.25, 0.3) is 11.3 Å². The number of halogens is 4. The average Bonchev–Trinajstić information content (AvgIpc) is 3.00. The predicted octanol–water partition coefficient (Wildman–Crippen LogP) is 7.34. The lowest BCUT2D eigenvalue weighted by Crippen LogP contribution is -2.13. The highest BCUT2D eigenvalue weighted by Gasteiger charge is 2.36. The van der Waals surface area contributed by atoms with Gasteiger partial charge in [0.05, 0.1) is 16.8 Å². The number of nitrogens with one attached hydrogen (secondary N) is 1. The Kier molecular flexibility index (Phi) is 6.14. The first-order chi connectivity index (χ1) is 17.2. The Morgan fingerprint density at radius 3 is 2.50 bits per heavy atom. The van der Waals surface area contributed by atoms with Crippen LogP contribution in [0, 0.1) is 0 Å². The van der Waals surface area contributed by atoms with Gasteiger partial charge in [0.1, 0.15) is 0 Å². The van der Waals surface area contributed by atoms with Crippen LogP contribution in [0.1, 0.15) is 45.0 Å². The van der Waals surface area contributed by atoms with Gasteiger partial charge in [-0.2, -0.15) is 13.2 Å². The number of rotatable bonds is 4. The number of aromatic carboxylic acids is 1. The second-order valence-corrected chi connectivity index (χ2v) is 8.92. The number of hydrogen-bond acceptors (Lipinski definition) is 4.